The second kappa shape index (κ2) is 240. The fourth-order valence-electron chi connectivity index (χ4n) is 0. The predicted octanol–water partition coefficient (Wildman–Crippen LogP) is 1.72. The highest BCUT2D eigenvalue weighted by Gasteiger charge is 0.932. The summed E-state index contributed by atoms with van der Waals surface area (Å²) in [4.78, 5) is 8.00. The highest BCUT2D eigenvalue weighted by atomic mass is 16.1. The van der Waals surface area contributed by atoms with E-state index in [0.717, 1.165) is 0 Å². The third-order valence-electron chi connectivity index (χ3n) is 0. The monoisotopic (exact) mass is 80.1 g/mol. The summed E-state index contributed by atoms with van der Waals surface area (Å²) < 4.78 is 0. The molecule has 0 amide bonds. The molecule has 0 radical (unpaired) electrons. The molecule has 0 spiro atoms. The highest BCUT2D eigenvalue weighted by molar-refractivity contribution is 5.10. The van der Waals surface area contributed by atoms with E-state index in [1.807, 2.05) is 20.6 Å². The first-order valence-corrected chi connectivity index (χ1v) is 1.29. The molecule has 0 aliphatic heterocycles. The van der Waals surface area contributed by atoms with Gasteiger partial charge in [-0.1, -0.05) is 21.3 Å². The molecule has 0 aliphatic carbocycles. The van der Waals surface area contributed by atoms with Gasteiger partial charge in [0.05, 0.1) is 0 Å². The van der Waals surface area contributed by atoms with Gasteiger partial charge in [-0.15, -0.1) is 0 Å². The van der Waals surface area contributed by atoms with Gasteiger partial charge in [-0.2, -0.15) is 0 Å². The average Bonchev–Trinajstić information content (AvgIpc) is 1.50. The fourth-order valence-corrected chi connectivity index (χ4v) is 0. The van der Waals surface area contributed by atoms with Crippen molar-refractivity contribution in [3.05, 3.63) is 0 Å². The van der Waals surface area contributed by atoms with Gasteiger partial charge in [-0.25, -0.2) is 0 Å². The van der Waals surface area contributed by atoms with Crippen LogP contribution in [0.15, 0.2) is 0 Å². The van der Waals surface area contributed by atoms with Crippen molar-refractivity contribution in [3.8, 4) is 0 Å². The number of rotatable bonds is 0. The van der Waals surface area contributed by atoms with E-state index >= 15 is 0 Å². The van der Waals surface area contributed by atoms with Crippen molar-refractivity contribution in [1.82, 2.24) is 0 Å². The maximum absolute atomic E-state index is 8.00. The largest absolute Gasteiger partial charge is 0.307 e. The summed E-state index contributed by atoms with van der Waals surface area (Å²) in [6, 6.07) is 0. The van der Waals surface area contributed by atoms with Gasteiger partial charge in [-0.3, -0.25) is 0 Å². The predicted molar refractivity (Wildman–Crippen MR) is 27.3 cm³/mol. The van der Waals surface area contributed by atoms with Crippen molar-refractivity contribution in [3.63, 3.8) is 0 Å². The third-order valence-corrected chi connectivity index (χ3v) is 0. The van der Waals surface area contributed by atoms with Crippen LogP contribution in [0.3, 0.4) is 0 Å². The van der Waals surface area contributed by atoms with E-state index in [0.29, 0.717) is 0 Å². The van der Waals surface area contributed by atoms with E-state index in [9.17, 15) is 0 Å². The molecular weight excluding hydrogens is 64.0 g/mol. The van der Waals surface area contributed by atoms with E-state index in [1.54, 1.807) is 0 Å². The van der Waals surface area contributed by atoms with Crippen molar-refractivity contribution in [1.29, 1.82) is 0 Å². The second-order valence-corrected chi connectivity index (χ2v) is 0. The number of hydrogen-bond donors (Lipinski definition) is 0. The van der Waals surface area contributed by atoms with Crippen molar-refractivity contribution in [2.45, 2.75) is 21.3 Å². The molecule has 5 heavy (non-hydrogen) atoms. The van der Waals surface area contributed by atoms with Crippen LogP contribution >= 0.6 is 0 Å². The smallest absolute Gasteiger partial charge is 0.106 e. The van der Waals surface area contributed by atoms with Crippen LogP contribution in [-0.2, 0) is 4.79 Å². The summed E-state index contributed by atoms with van der Waals surface area (Å²) >= 11 is 0. The summed E-state index contributed by atoms with van der Waals surface area (Å²) in [5.41, 5.74) is 0. The minimum Gasteiger partial charge on any atom is -0.307 e. The molecule has 0 N–H and O–H groups in total. The van der Waals surface area contributed by atoms with Gasteiger partial charge < -0.3 is 4.79 Å². The maximum atomic E-state index is 8.00. The van der Waals surface area contributed by atoms with Crippen LogP contribution in [0.4, 0.5) is 0 Å². The van der Waals surface area contributed by atoms with E-state index in [1.165, 1.54) is 0 Å². The molecule has 0 rings (SSSR count). The standard InChI is InChI=1S/C2H6.CH2O.CH4.H2/c2*1-2;;/h1-2H3;1H2;1H4;1H/i;;;1+2. The molecule has 0 saturated carbocycles. The minimum absolute atomic E-state index is 0. The summed E-state index contributed by atoms with van der Waals surface area (Å²) in [6.45, 7) is 6.00. The van der Waals surface area contributed by atoms with Gasteiger partial charge in [0.25, 0.3) is 0 Å². The van der Waals surface area contributed by atoms with Crippen molar-refractivity contribution in [2.75, 3.05) is 0 Å². The molecule has 0 bridgehead atoms. The Labute approximate surface area is 35.5 Å². The Kier molecular flexibility index (Phi) is 1080. The van der Waals surface area contributed by atoms with Crippen LogP contribution in [0.1, 0.15) is 22.7 Å². The van der Waals surface area contributed by atoms with Crippen LogP contribution in [-0.4, -0.2) is 6.79 Å². The molecule has 0 atom stereocenters. The van der Waals surface area contributed by atoms with E-state index in [4.69, 9.17) is 4.79 Å². The van der Waals surface area contributed by atoms with Crippen LogP contribution in [0.25, 0.3) is 0 Å². The Morgan fingerprint density at radius 1 is 1.40 bits per heavy atom. The molecule has 36 valence electrons. The van der Waals surface area contributed by atoms with Crippen molar-refractivity contribution in [2.24, 2.45) is 0 Å². The topological polar surface area (TPSA) is 17.1 Å². The van der Waals surface area contributed by atoms with Gasteiger partial charge in [0, 0.05) is 1.43 Å². The third kappa shape index (κ3) is 94.0. The molecule has 0 aromatic heterocycles. The summed E-state index contributed by atoms with van der Waals surface area (Å²) in [5.74, 6) is 0. The minimum atomic E-state index is 0. The molecule has 0 aromatic carbocycles. The quantitative estimate of drug-likeness (QED) is 0.433. The lowest BCUT2D eigenvalue weighted by atomic mass is 11.0. The lowest BCUT2D eigenvalue weighted by Crippen LogP contribution is -0.925. The van der Waals surface area contributed by atoms with Crippen LogP contribution in [0.5, 0.6) is 0 Å². The summed E-state index contributed by atoms with van der Waals surface area (Å²) in [5, 5.41) is 0. The molecule has 0 saturated heterocycles. The van der Waals surface area contributed by atoms with Crippen LogP contribution < -0.4 is 0 Å². The van der Waals surface area contributed by atoms with Gasteiger partial charge in [0.2, 0.25) is 0 Å². The molecule has 1 nitrogen and oxygen atoms in total. The van der Waals surface area contributed by atoms with Gasteiger partial charge >= 0.3 is 0 Å². The fraction of sp³-hybridized carbons (Fsp3) is 0.750. The Hall–Kier alpha value is -0.330. The molecule has 0 aromatic rings. The lowest BCUT2D eigenvalue weighted by molar-refractivity contribution is -0.0979. The molecule has 0 unspecified atom stereocenters. The number of carbonyl (C=O) groups excluding carboxylic acids is 1. The summed E-state index contributed by atoms with van der Waals surface area (Å²) in [6.07, 6.45) is 0. The SMILES string of the molecule is C.C=O.CC.[3HH]. The zero-order valence-corrected chi connectivity index (χ0v) is 3.12. The maximum Gasteiger partial charge on any atom is 0.106 e. The number of hydrogen-bond acceptors (Lipinski definition) is 1. The first-order valence-electron chi connectivity index (χ1n) is 1.29. The summed E-state index contributed by atoms with van der Waals surface area (Å²) in [7, 11) is 0. The lowest BCUT2D eigenvalue weighted by Gasteiger charge is -1.07. The van der Waals surface area contributed by atoms with Crippen LogP contribution in [0.2, 0.25) is 0 Å². The Morgan fingerprint density at radius 2 is 1.40 bits per heavy atom. The Bertz CT molecular complexity index is 7.51. The highest BCUT2D eigenvalue weighted by Crippen LogP contribution is 1.14. The van der Waals surface area contributed by atoms with Gasteiger partial charge in [0.1, 0.15) is 6.79 Å². The van der Waals surface area contributed by atoms with E-state index < -0.39 is 0 Å². The first-order chi connectivity index (χ1) is 2.00. The average molecular weight is 80.2 g/mol. The van der Waals surface area contributed by atoms with Crippen molar-refractivity contribution < 1.29 is 6.22 Å². The van der Waals surface area contributed by atoms with E-state index in [-0.39, 0.29) is 8.85 Å². The zero-order valence-electron chi connectivity index (χ0n) is 3.12. The normalized spacial score (nSPS) is 2.00. The Balaban J connectivity index is -0.00000000500. The molecule has 0 heterocycles. The molecule has 1 heteroatoms. The second-order valence-electron chi connectivity index (χ2n) is 0. The molecular formula is C4H14O. The zero-order chi connectivity index (χ0) is 4.00. The van der Waals surface area contributed by atoms with Crippen LogP contribution in [0, 0.1) is 0 Å². The van der Waals surface area contributed by atoms with Crippen molar-refractivity contribution >= 4 is 6.79 Å². The van der Waals surface area contributed by atoms with E-state index in [2.05, 4.69) is 0 Å². The molecule has 0 fully saturated rings. The first kappa shape index (κ1) is 22.6. The van der Waals surface area contributed by atoms with Gasteiger partial charge in [-0.05, 0) is 0 Å². The molecule has 0 aliphatic rings. The van der Waals surface area contributed by atoms with Gasteiger partial charge in [0.15, 0.2) is 0 Å². The number of carbonyl (C=O) groups is 1. The Morgan fingerprint density at radius 3 is 1.40 bits per heavy atom.